The Morgan fingerprint density at radius 1 is 1.05 bits per heavy atom. The van der Waals surface area contributed by atoms with Crippen LogP contribution in [0.3, 0.4) is 0 Å². The molecule has 0 amide bonds. The molecule has 0 radical (unpaired) electrons. The lowest BCUT2D eigenvalue weighted by Gasteiger charge is -2.25. The van der Waals surface area contributed by atoms with E-state index in [0.29, 0.717) is 5.92 Å². The Kier molecular flexibility index (Phi) is 3.08. The van der Waals surface area contributed by atoms with Crippen LogP contribution in [0.5, 0.6) is 0 Å². The zero-order chi connectivity index (χ0) is 14.6. The van der Waals surface area contributed by atoms with E-state index in [0.717, 1.165) is 0 Å². The zero-order valence-electron chi connectivity index (χ0n) is 12.5. The van der Waals surface area contributed by atoms with Crippen molar-refractivity contribution in [2.24, 2.45) is 0 Å². The Morgan fingerprint density at radius 3 is 2.76 bits per heavy atom. The van der Waals surface area contributed by atoms with Crippen LogP contribution in [0.25, 0.3) is 21.5 Å². The maximum absolute atomic E-state index is 3.82. The molecule has 1 aliphatic rings. The van der Waals surface area contributed by atoms with Gasteiger partial charge in [0, 0.05) is 4.47 Å². The number of rotatable bonds is 0. The molecule has 0 saturated heterocycles. The van der Waals surface area contributed by atoms with Gasteiger partial charge in [0.05, 0.1) is 0 Å². The molecule has 3 aromatic rings. The van der Waals surface area contributed by atoms with Gasteiger partial charge < -0.3 is 0 Å². The van der Waals surface area contributed by atoms with E-state index in [1.165, 1.54) is 50.8 Å². The van der Waals surface area contributed by atoms with Gasteiger partial charge in [-0.05, 0) is 76.4 Å². The Labute approximate surface area is 134 Å². The van der Waals surface area contributed by atoms with Crippen LogP contribution in [0.4, 0.5) is 0 Å². The molecule has 106 valence electrons. The SMILES string of the molecule is Cc1cccc2c1c(Br)cc1c3c(ccc12)CCCC3C. The first-order valence-electron chi connectivity index (χ1n) is 7.80. The van der Waals surface area contributed by atoms with Crippen molar-refractivity contribution in [1.29, 1.82) is 0 Å². The third kappa shape index (κ3) is 1.94. The predicted octanol–water partition coefficient (Wildman–Crippen LogP) is 6.50. The Morgan fingerprint density at radius 2 is 1.90 bits per heavy atom. The smallest absolute Gasteiger partial charge is 0.0262 e. The molecule has 1 unspecified atom stereocenters. The third-order valence-corrected chi connectivity index (χ3v) is 5.65. The number of hydrogen-bond acceptors (Lipinski definition) is 0. The highest BCUT2D eigenvalue weighted by atomic mass is 79.9. The van der Waals surface area contributed by atoms with Crippen LogP contribution < -0.4 is 0 Å². The Bertz CT molecular complexity index is 861. The second-order valence-corrected chi connectivity index (χ2v) is 7.24. The molecule has 21 heavy (non-hydrogen) atoms. The van der Waals surface area contributed by atoms with E-state index in [1.807, 2.05) is 0 Å². The average Bonchev–Trinajstić information content (AvgIpc) is 2.47. The number of benzene rings is 3. The van der Waals surface area contributed by atoms with Crippen LogP contribution in [0, 0.1) is 6.92 Å². The molecule has 0 N–H and O–H groups in total. The molecule has 0 heterocycles. The highest BCUT2D eigenvalue weighted by Crippen LogP contribution is 2.41. The standard InChI is InChI=1S/C20H19Br/c1-12-5-3-7-14-9-10-15-16-8-4-6-13(2)20(16)18(21)11-17(15)19(12)14/h4,6,8-12H,3,5,7H2,1-2H3. The molecule has 0 fully saturated rings. The van der Waals surface area contributed by atoms with Crippen LogP contribution in [-0.4, -0.2) is 0 Å². The number of aryl methyl sites for hydroxylation is 2. The van der Waals surface area contributed by atoms with E-state index >= 15 is 0 Å². The summed E-state index contributed by atoms with van der Waals surface area (Å²) in [6, 6.07) is 13.7. The fourth-order valence-electron chi connectivity index (χ4n) is 4.02. The molecule has 1 aliphatic carbocycles. The largest absolute Gasteiger partial charge is 0.0613 e. The van der Waals surface area contributed by atoms with Crippen molar-refractivity contribution in [2.45, 2.75) is 39.0 Å². The maximum Gasteiger partial charge on any atom is 0.0262 e. The van der Waals surface area contributed by atoms with E-state index in [-0.39, 0.29) is 0 Å². The molecule has 0 spiro atoms. The lowest BCUT2D eigenvalue weighted by Crippen LogP contribution is -2.07. The van der Waals surface area contributed by atoms with Crippen LogP contribution >= 0.6 is 15.9 Å². The van der Waals surface area contributed by atoms with Crippen LogP contribution in [0.15, 0.2) is 40.9 Å². The van der Waals surface area contributed by atoms with Crippen LogP contribution in [-0.2, 0) is 6.42 Å². The molecule has 1 heteroatoms. The summed E-state index contributed by atoms with van der Waals surface area (Å²) in [5.41, 5.74) is 4.48. The molecule has 0 nitrogen and oxygen atoms in total. The Hall–Kier alpha value is -1.34. The minimum atomic E-state index is 0.673. The van der Waals surface area contributed by atoms with Crippen molar-refractivity contribution in [3.05, 3.63) is 57.6 Å². The van der Waals surface area contributed by atoms with E-state index in [2.05, 4.69) is 66.2 Å². The predicted molar refractivity (Wildman–Crippen MR) is 95.2 cm³/mol. The Balaban J connectivity index is 2.20. The highest BCUT2D eigenvalue weighted by Gasteiger charge is 2.20. The summed E-state index contributed by atoms with van der Waals surface area (Å²) in [4.78, 5) is 0. The van der Waals surface area contributed by atoms with Crippen molar-refractivity contribution < 1.29 is 0 Å². The fourth-order valence-corrected chi connectivity index (χ4v) is 4.78. The monoisotopic (exact) mass is 338 g/mol. The molecule has 1 atom stereocenters. The van der Waals surface area contributed by atoms with Gasteiger partial charge in [-0.25, -0.2) is 0 Å². The molecule has 0 bridgehead atoms. The van der Waals surface area contributed by atoms with E-state index in [4.69, 9.17) is 0 Å². The van der Waals surface area contributed by atoms with E-state index in [9.17, 15) is 0 Å². The summed E-state index contributed by atoms with van der Waals surface area (Å²) in [7, 11) is 0. The average molecular weight is 339 g/mol. The van der Waals surface area contributed by atoms with Crippen molar-refractivity contribution in [3.8, 4) is 0 Å². The lowest BCUT2D eigenvalue weighted by atomic mass is 9.80. The van der Waals surface area contributed by atoms with Crippen molar-refractivity contribution >= 4 is 37.5 Å². The molecule has 0 saturated carbocycles. The first kappa shape index (κ1) is 13.3. The number of halogens is 1. The second kappa shape index (κ2) is 4.84. The van der Waals surface area contributed by atoms with Crippen LogP contribution in [0.2, 0.25) is 0 Å². The summed E-state index contributed by atoms with van der Waals surface area (Å²) in [5.74, 6) is 0.673. The summed E-state index contributed by atoms with van der Waals surface area (Å²) in [6.45, 7) is 4.58. The summed E-state index contributed by atoms with van der Waals surface area (Å²) < 4.78 is 1.23. The normalized spacial score (nSPS) is 18.1. The molecule has 0 aliphatic heterocycles. The maximum atomic E-state index is 3.82. The molecule has 3 aromatic carbocycles. The van der Waals surface area contributed by atoms with Gasteiger partial charge in [0.25, 0.3) is 0 Å². The van der Waals surface area contributed by atoms with Gasteiger partial charge >= 0.3 is 0 Å². The van der Waals surface area contributed by atoms with E-state index < -0.39 is 0 Å². The topological polar surface area (TPSA) is 0 Å². The minimum Gasteiger partial charge on any atom is -0.0613 e. The number of hydrogen-bond donors (Lipinski definition) is 0. The highest BCUT2D eigenvalue weighted by molar-refractivity contribution is 9.10. The lowest BCUT2D eigenvalue weighted by molar-refractivity contribution is 0.595. The van der Waals surface area contributed by atoms with Gasteiger partial charge in [0.2, 0.25) is 0 Å². The van der Waals surface area contributed by atoms with Gasteiger partial charge in [0.1, 0.15) is 0 Å². The van der Waals surface area contributed by atoms with Gasteiger partial charge in [-0.15, -0.1) is 0 Å². The molecule has 4 rings (SSSR count). The summed E-state index contributed by atoms with van der Waals surface area (Å²) in [6.07, 6.45) is 3.88. The second-order valence-electron chi connectivity index (χ2n) is 6.38. The van der Waals surface area contributed by atoms with Gasteiger partial charge in [-0.1, -0.05) is 53.2 Å². The first-order chi connectivity index (χ1) is 10.2. The first-order valence-corrected chi connectivity index (χ1v) is 8.59. The van der Waals surface area contributed by atoms with Gasteiger partial charge in [0.15, 0.2) is 0 Å². The summed E-state index contributed by atoms with van der Waals surface area (Å²) in [5, 5.41) is 5.59. The third-order valence-electron chi connectivity index (χ3n) is 5.03. The van der Waals surface area contributed by atoms with Crippen LogP contribution in [0.1, 0.15) is 42.4 Å². The van der Waals surface area contributed by atoms with Crippen molar-refractivity contribution in [1.82, 2.24) is 0 Å². The number of fused-ring (bicyclic) bond motifs is 5. The van der Waals surface area contributed by atoms with E-state index in [1.54, 1.807) is 11.1 Å². The van der Waals surface area contributed by atoms with Crippen molar-refractivity contribution in [3.63, 3.8) is 0 Å². The molecule has 0 aromatic heterocycles. The zero-order valence-corrected chi connectivity index (χ0v) is 14.1. The van der Waals surface area contributed by atoms with Crippen molar-refractivity contribution in [2.75, 3.05) is 0 Å². The van der Waals surface area contributed by atoms with Gasteiger partial charge in [-0.3, -0.25) is 0 Å². The molecular formula is C20H19Br. The quantitative estimate of drug-likeness (QED) is 0.410. The van der Waals surface area contributed by atoms with Gasteiger partial charge in [-0.2, -0.15) is 0 Å². The minimum absolute atomic E-state index is 0.673. The summed E-state index contributed by atoms with van der Waals surface area (Å²) >= 11 is 3.82. The fraction of sp³-hybridized carbons (Fsp3) is 0.300. The molecular weight excluding hydrogens is 320 g/mol.